The molecule has 16 heteroatoms. The SMILES string of the molecule is COC(=O)CCC(C(=O)Nc1c(O)c2c(c(N(C)C)c1Cl)CC1CC3[C@H](N(C)C)C(O)=C(C(N)=O)C(=O)[C@@]3(O)C(O)=C1C2=O)N1CCCC1. The highest BCUT2D eigenvalue weighted by Crippen LogP contribution is 2.55. The Kier molecular flexibility index (Phi) is 9.78. The Morgan fingerprint density at radius 1 is 1.12 bits per heavy atom. The normalized spacial score (nSPS) is 25.9. The third-order valence-electron chi connectivity index (χ3n) is 10.2. The van der Waals surface area contributed by atoms with E-state index in [9.17, 15) is 44.4 Å². The average Bonchev–Trinajstić information content (AvgIpc) is 3.55. The largest absolute Gasteiger partial charge is 0.510 e. The van der Waals surface area contributed by atoms with Crippen molar-refractivity contribution < 1.29 is 49.1 Å². The van der Waals surface area contributed by atoms with Crippen molar-refractivity contribution in [2.75, 3.05) is 58.6 Å². The summed E-state index contributed by atoms with van der Waals surface area (Å²) in [6.45, 7) is 1.22. The number of likely N-dealkylation sites (N-methyl/N-ethyl adjacent to an activating group) is 1. The molecule has 2 amide bonds. The molecule has 5 rings (SSSR count). The zero-order valence-electron chi connectivity index (χ0n) is 28.0. The van der Waals surface area contributed by atoms with Gasteiger partial charge in [-0.3, -0.25) is 33.8 Å². The van der Waals surface area contributed by atoms with Gasteiger partial charge in [0.15, 0.2) is 17.1 Å². The number of halogens is 1. The van der Waals surface area contributed by atoms with E-state index >= 15 is 0 Å². The average molecular weight is 704 g/mol. The van der Waals surface area contributed by atoms with Crippen LogP contribution in [0.2, 0.25) is 5.02 Å². The van der Waals surface area contributed by atoms with Gasteiger partial charge in [0.1, 0.15) is 22.8 Å². The van der Waals surface area contributed by atoms with Gasteiger partial charge in [-0.05, 0) is 70.8 Å². The van der Waals surface area contributed by atoms with Crippen LogP contribution < -0.4 is 16.0 Å². The first kappa shape index (κ1) is 36.1. The van der Waals surface area contributed by atoms with E-state index in [-0.39, 0.29) is 47.5 Å². The van der Waals surface area contributed by atoms with Crippen molar-refractivity contribution >= 4 is 52.3 Å². The van der Waals surface area contributed by atoms with Crippen molar-refractivity contribution in [3.8, 4) is 5.75 Å². The molecule has 7 N–H and O–H groups in total. The molecule has 0 aromatic heterocycles. The molecule has 0 bridgehead atoms. The highest BCUT2D eigenvalue weighted by molar-refractivity contribution is 6.38. The lowest BCUT2D eigenvalue weighted by molar-refractivity contribution is -0.148. The Morgan fingerprint density at radius 3 is 2.31 bits per heavy atom. The van der Waals surface area contributed by atoms with Crippen molar-refractivity contribution in [1.82, 2.24) is 9.80 Å². The van der Waals surface area contributed by atoms with E-state index in [2.05, 4.69) is 5.32 Å². The number of amides is 2. The molecule has 1 aromatic carbocycles. The van der Waals surface area contributed by atoms with Crippen LogP contribution in [-0.2, 0) is 30.3 Å². The molecule has 4 aliphatic rings. The number of aromatic hydroxyl groups is 1. The van der Waals surface area contributed by atoms with Crippen molar-refractivity contribution in [3.05, 3.63) is 38.8 Å². The van der Waals surface area contributed by atoms with Gasteiger partial charge >= 0.3 is 5.97 Å². The molecule has 3 unspecified atom stereocenters. The second-order valence-electron chi connectivity index (χ2n) is 13.5. The quantitative estimate of drug-likeness (QED) is 0.121. The number of Topliss-reactive ketones (excluding diaryl/α,β-unsaturated/α-hetero) is 2. The maximum Gasteiger partial charge on any atom is 0.305 e. The van der Waals surface area contributed by atoms with Crippen LogP contribution in [0.1, 0.15) is 48.0 Å². The lowest BCUT2D eigenvalue weighted by Crippen LogP contribution is -2.63. The van der Waals surface area contributed by atoms with Crippen LogP contribution in [0.4, 0.5) is 11.4 Å². The van der Waals surface area contributed by atoms with E-state index in [0.29, 0.717) is 24.3 Å². The van der Waals surface area contributed by atoms with Gasteiger partial charge in [0.2, 0.25) is 11.7 Å². The Balaban J connectivity index is 1.63. The van der Waals surface area contributed by atoms with Gasteiger partial charge in [0, 0.05) is 32.0 Å². The third-order valence-corrected chi connectivity index (χ3v) is 10.6. The number of likely N-dealkylation sites (tertiary alicyclic amines) is 1. The second-order valence-corrected chi connectivity index (χ2v) is 13.8. The summed E-state index contributed by atoms with van der Waals surface area (Å²) >= 11 is 6.89. The number of methoxy groups -OCH3 is 1. The number of phenols is 1. The summed E-state index contributed by atoms with van der Waals surface area (Å²) in [7, 11) is 7.68. The summed E-state index contributed by atoms with van der Waals surface area (Å²) in [5.41, 5.74) is 1.44. The van der Waals surface area contributed by atoms with E-state index in [1.165, 1.54) is 12.0 Å². The summed E-state index contributed by atoms with van der Waals surface area (Å²) in [5.74, 6) is -8.98. The number of ether oxygens (including phenoxy) is 1. The fourth-order valence-corrected chi connectivity index (χ4v) is 8.43. The van der Waals surface area contributed by atoms with Gasteiger partial charge in [-0.15, -0.1) is 0 Å². The van der Waals surface area contributed by atoms with Crippen LogP contribution in [0.25, 0.3) is 0 Å². The summed E-state index contributed by atoms with van der Waals surface area (Å²) in [5, 5.41) is 48.8. The van der Waals surface area contributed by atoms with E-state index < -0.39 is 81.7 Å². The molecule has 0 spiro atoms. The predicted molar refractivity (Wildman–Crippen MR) is 177 cm³/mol. The van der Waals surface area contributed by atoms with Gasteiger partial charge in [0.05, 0.1) is 35.5 Å². The Morgan fingerprint density at radius 2 is 1.76 bits per heavy atom. The maximum atomic E-state index is 14.4. The van der Waals surface area contributed by atoms with Crippen LogP contribution in [0.5, 0.6) is 5.75 Å². The first-order valence-corrected chi connectivity index (χ1v) is 16.4. The van der Waals surface area contributed by atoms with Gasteiger partial charge in [-0.1, -0.05) is 11.6 Å². The van der Waals surface area contributed by atoms with Crippen molar-refractivity contribution in [1.29, 1.82) is 0 Å². The molecule has 3 aliphatic carbocycles. The Hall–Kier alpha value is -4.18. The topological polar surface area (TPSA) is 223 Å². The third kappa shape index (κ3) is 5.71. The monoisotopic (exact) mass is 703 g/mol. The molecule has 1 saturated heterocycles. The number of ketones is 2. The Bertz CT molecular complexity index is 1700. The number of hydrogen-bond donors (Lipinski definition) is 6. The van der Waals surface area contributed by atoms with Gasteiger partial charge in [0.25, 0.3) is 5.91 Å². The highest BCUT2D eigenvalue weighted by atomic mass is 35.5. The highest BCUT2D eigenvalue weighted by Gasteiger charge is 2.63. The van der Waals surface area contributed by atoms with E-state index in [1.807, 2.05) is 4.90 Å². The van der Waals surface area contributed by atoms with E-state index in [4.69, 9.17) is 22.1 Å². The molecular weight excluding hydrogens is 662 g/mol. The molecule has 49 heavy (non-hydrogen) atoms. The minimum atomic E-state index is -2.80. The fourth-order valence-electron chi connectivity index (χ4n) is 8.01. The van der Waals surface area contributed by atoms with Crippen molar-refractivity contribution in [2.45, 2.75) is 56.2 Å². The first-order chi connectivity index (χ1) is 23.0. The molecule has 1 aromatic rings. The van der Waals surface area contributed by atoms with E-state index in [1.54, 1.807) is 33.1 Å². The van der Waals surface area contributed by atoms with Crippen LogP contribution in [0.15, 0.2) is 22.7 Å². The summed E-state index contributed by atoms with van der Waals surface area (Å²) in [4.78, 5) is 71.0. The van der Waals surface area contributed by atoms with E-state index in [0.717, 1.165) is 12.8 Å². The molecule has 15 nitrogen and oxygen atoms in total. The lowest BCUT2D eigenvalue weighted by Gasteiger charge is -2.50. The molecule has 266 valence electrons. The zero-order chi connectivity index (χ0) is 36.3. The van der Waals surface area contributed by atoms with Gasteiger partial charge in [-0.2, -0.15) is 0 Å². The number of esters is 1. The molecular formula is C33H42ClN5O10. The number of carbonyl (C=O) groups excluding carboxylic acids is 5. The number of allylic oxidation sites excluding steroid dienone is 1. The standard InChI is InChI=1S/C33H42ClN5O10/c1-37(2)24-15-12-14-13-16-25(38(3)4)28(43)21(31(35)46)30(45)33(16,48)29(44)19(14)26(41)20(15)27(42)23(22(24)34)36-32(47)17(8-9-18(40)49-5)39-10-6-7-11-39/h14,16-17,25,42-44,48H,6-13H2,1-5H3,(H2,35,46)(H,36,47)/t14?,16?,17?,25-,33-/m0/s1. The summed E-state index contributed by atoms with van der Waals surface area (Å²) < 4.78 is 4.76. The number of hydrogen-bond acceptors (Lipinski definition) is 13. The number of phenolic OH excluding ortho intramolecular Hbond substituents is 1. The van der Waals surface area contributed by atoms with Gasteiger partial charge in [-0.25, -0.2) is 0 Å². The number of nitrogens with one attached hydrogen (secondary N) is 1. The molecule has 1 heterocycles. The molecule has 0 radical (unpaired) electrons. The summed E-state index contributed by atoms with van der Waals surface area (Å²) in [6.07, 6.45) is 1.72. The minimum Gasteiger partial charge on any atom is -0.510 e. The fraction of sp³-hybridized carbons (Fsp3) is 0.545. The van der Waals surface area contributed by atoms with Crippen LogP contribution in [0, 0.1) is 11.8 Å². The van der Waals surface area contributed by atoms with Crippen molar-refractivity contribution in [2.24, 2.45) is 17.6 Å². The minimum absolute atomic E-state index is 0.0130. The number of aliphatic hydroxyl groups excluding tert-OH is 2. The number of nitrogens with zero attached hydrogens (tertiary/aromatic N) is 3. The number of primary amides is 1. The smallest absolute Gasteiger partial charge is 0.305 e. The van der Waals surface area contributed by atoms with Crippen LogP contribution in [-0.4, -0.2) is 126 Å². The number of carbonyl (C=O) groups is 5. The molecule has 1 fully saturated rings. The number of aliphatic hydroxyl groups is 3. The number of fused-ring (bicyclic) bond motifs is 3. The maximum absolute atomic E-state index is 14.4. The number of anilines is 2. The second kappa shape index (κ2) is 13.3. The first-order valence-electron chi connectivity index (χ1n) is 16.0. The Labute approximate surface area is 287 Å². The predicted octanol–water partition coefficient (Wildman–Crippen LogP) is 1.20. The molecule has 5 atom stereocenters. The lowest BCUT2D eigenvalue weighted by atomic mass is 9.58. The number of rotatable bonds is 9. The van der Waals surface area contributed by atoms with Crippen molar-refractivity contribution in [3.63, 3.8) is 0 Å². The number of benzene rings is 1. The summed E-state index contributed by atoms with van der Waals surface area (Å²) in [6, 6.07) is -1.91. The number of nitrogens with two attached hydrogens (primary N) is 1. The molecule has 1 aliphatic heterocycles. The van der Waals surface area contributed by atoms with Crippen LogP contribution in [0.3, 0.4) is 0 Å². The van der Waals surface area contributed by atoms with Crippen LogP contribution >= 0.6 is 11.6 Å². The zero-order valence-corrected chi connectivity index (χ0v) is 28.8. The molecule has 0 saturated carbocycles. The van der Waals surface area contributed by atoms with Gasteiger partial charge < -0.3 is 41.1 Å².